The second-order valence-electron chi connectivity index (χ2n) is 3.77. The predicted molar refractivity (Wildman–Crippen MR) is 86.8 cm³/mol. The van der Waals surface area contributed by atoms with E-state index in [2.05, 4.69) is 20.5 Å². The number of thiazole rings is 1. The molecule has 1 aromatic carbocycles. The number of benzene rings is 1. The molecule has 7 nitrogen and oxygen atoms in total. The summed E-state index contributed by atoms with van der Waals surface area (Å²) in [5, 5.41) is 11.3. The van der Waals surface area contributed by atoms with Crippen LogP contribution in [0.4, 0.5) is 10.8 Å². The zero-order chi connectivity index (χ0) is 15.2. The van der Waals surface area contributed by atoms with Crippen LogP contribution in [0.1, 0.15) is 4.88 Å². The van der Waals surface area contributed by atoms with Crippen molar-refractivity contribution in [1.29, 1.82) is 0 Å². The molecule has 0 spiro atoms. The molecule has 5 N–H and O–H groups in total. The Labute approximate surface area is 130 Å². The van der Waals surface area contributed by atoms with E-state index >= 15 is 0 Å². The molecule has 21 heavy (non-hydrogen) atoms. The van der Waals surface area contributed by atoms with Gasteiger partial charge in [-0.3, -0.25) is 0 Å². The number of nitrogens with zero attached hydrogens (tertiary/aromatic N) is 3. The Morgan fingerprint density at radius 3 is 2.90 bits per heavy atom. The summed E-state index contributed by atoms with van der Waals surface area (Å²) in [6, 6.07) is 7.49. The summed E-state index contributed by atoms with van der Waals surface area (Å²) in [7, 11) is 1.60. The number of hydrogen-bond donors (Lipinski definition) is 3. The minimum Gasteiger partial charge on any atom is -0.495 e. The van der Waals surface area contributed by atoms with Crippen LogP contribution in [0.2, 0.25) is 5.15 Å². The smallest absolute Gasteiger partial charge is 0.211 e. The Bertz CT molecular complexity index is 680. The molecule has 110 valence electrons. The first-order valence-corrected chi connectivity index (χ1v) is 6.98. The highest BCUT2D eigenvalue weighted by Gasteiger charge is 2.09. The first-order valence-electron chi connectivity index (χ1n) is 5.78. The van der Waals surface area contributed by atoms with Crippen molar-refractivity contribution >= 4 is 45.9 Å². The zero-order valence-corrected chi connectivity index (χ0v) is 12.6. The highest BCUT2D eigenvalue weighted by Crippen LogP contribution is 2.31. The molecule has 0 aliphatic carbocycles. The van der Waals surface area contributed by atoms with Gasteiger partial charge in [-0.1, -0.05) is 35.1 Å². The van der Waals surface area contributed by atoms with Crippen molar-refractivity contribution in [1.82, 2.24) is 4.98 Å². The molecule has 1 heterocycles. The molecule has 0 fully saturated rings. The van der Waals surface area contributed by atoms with Crippen molar-refractivity contribution in [2.45, 2.75) is 0 Å². The average molecular weight is 325 g/mol. The second-order valence-corrected chi connectivity index (χ2v) is 5.16. The van der Waals surface area contributed by atoms with Crippen molar-refractivity contribution < 1.29 is 4.74 Å². The monoisotopic (exact) mass is 324 g/mol. The molecule has 2 aromatic rings. The first kappa shape index (κ1) is 15.1. The largest absolute Gasteiger partial charge is 0.495 e. The van der Waals surface area contributed by atoms with Crippen molar-refractivity contribution in [3.63, 3.8) is 0 Å². The quantitative estimate of drug-likeness (QED) is 0.443. The number of anilines is 2. The maximum absolute atomic E-state index is 6.03. The van der Waals surface area contributed by atoms with Crippen molar-refractivity contribution in [2.75, 3.05) is 12.4 Å². The molecule has 0 atom stereocenters. The minimum absolute atomic E-state index is 0.126. The third kappa shape index (κ3) is 4.07. The molecule has 2 rings (SSSR count). The van der Waals surface area contributed by atoms with Crippen LogP contribution in [0.15, 0.2) is 34.5 Å². The summed E-state index contributed by atoms with van der Waals surface area (Å²) in [5.74, 6) is 0.582. The molecule has 0 amide bonds. The number of methoxy groups -OCH3 is 1. The Balaban J connectivity index is 2.19. The van der Waals surface area contributed by atoms with Crippen molar-refractivity contribution in [3.8, 4) is 5.75 Å². The fourth-order valence-electron chi connectivity index (χ4n) is 1.46. The molecule has 0 unspecified atom stereocenters. The molecule has 0 aliphatic rings. The lowest BCUT2D eigenvalue weighted by molar-refractivity contribution is 0.417. The lowest BCUT2D eigenvalue weighted by Gasteiger charge is -2.07. The van der Waals surface area contributed by atoms with Gasteiger partial charge in [0.05, 0.1) is 23.9 Å². The van der Waals surface area contributed by atoms with Gasteiger partial charge in [-0.25, -0.2) is 4.98 Å². The van der Waals surface area contributed by atoms with Gasteiger partial charge < -0.3 is 21.5 Å². The number of aromatic nitrogens is 1. The van der Waals surface area contributed by atoms with Gasteiger partial charge in [-0.2, -0.15) is 5.10 Å². The van der Waals surface area contributed by atoms with Gasteiger partial charge in [-0.15, -0.1) is 5.10 Å². The number of rotatable bonds is 5. The van der Waals surface area contributed by atoms with E-state index in [1.165, 1.54) is 17.6 Å². The average Bonchev–Trinajstić information content (AvgIpc) is 2.79. The summed E-state index contributed by atoms with van der Waals surface area (Å²) in [5.41, 5.74) is 11.1. The minimum atomic E-state index is -0.126. The Kier molecular flexibility index (Phi) is 4.96. The van der Waals surface area contributed by atoms with Gasteiger partial charge in [-0.05, 0) is 12.1 Å². The lowest BCUT2D eigenvalue weighted by Crippen LogP contribution is -2.21. The SMILES string of the molecule is COc1ccccc1Nc1nc(Cl)c(/C=N/N=C(N)N)s1. The molecule has 0 saturated heterocycles. The number of hydrogen-bond acceptors (Lipinski definition) is 6. The number of ether oxygens (including phenoxy) is 1. The van der Waals surface area contributed by atoms with Crippen LogP contribution in [0.5, 0.6) is 5.75 Å². The van der Waals surface area contributed by atoms with Crippen LogP contribution in [0, 0.1) is 0 Å². The summed E-state index contributed by atoms with van der Waals surface area (Å²) in [6.45, 7) is 0. The van der Waals surface area contributed by atoms with Gasteiger partial charge in [0.15, 0.2) is 10.3 Å². The Hall–Kier alpha value is -2.32. The second kappa shape index (κ2) is 6.91. The molecule has 0 radical (unpaired) electrons. The number of halogens is 1. The molecule has 0 saturated carbocycles. The van der Waals surface area contributed by atoms with Crippen molar-refractivity contribution in [2.24, 2.45) is 21.7 Å². The maximum atomic E-state index is 6.03. The van der Waals surface area contributed by atoms with E-state index in [1.54, 1.807) is 7.11 Å². The van der Waals surface area contributed by atoms with E-state index in [0.29, 0.717) is 20.9 Å². The van der Waals surface area contributed by atoms with Crippen LogP contribution in [0.25, 0.3) is 0 Å². The van der Waals surface area contributed by atoms with Crippen LogP contribution in [0.3, 0.4) is 0 Å². The first-order chi connectivity index (χ1) is 10.1. The van der Waals surface area contributed by atoms with Crippen LogP contribution in [-0.2, 0) is 0 Å². The summed E-state index contributed by atoms with van der Waals surface area (Å²) >= 11 is 7.34. The summed E-state index contributed by atoms with van der Waals surface area (Å²) < 4.78 is 5.26. The van der Waals surface area contributed by atoms with Gasteiger partial charge in [0, 0.05) is 0 Å². The Morgan fingerprint density at radius 1 is 1.43 bits per heavy atom. The molecule has 0 bridgehead atoms. The van der Waals surface area contributed by atoms with Gasteiger partial charge in [0.2, 0.25) is 5.96 Å². The van der Waals surface area contributed by atoms with Gasteiger partial charge >= 0.3 is 0 Å². The molecular weight excluding hydrogens is 312 g/mol. The standard InChI is InChI=1S/C12H13ClN6OS/c1-20-8-5-3-2-4-7(8)17-12-18-10(13)9(21-12)6-16-19-11(14)15/h2-6H,1H3,(H,17,18)(H4,14,15,19)/b16-6+. The van der Waals surface area contributed by atoms with E-state index < -0.39 is 0 Å². The summed E-state index contributed by atoms with van der Waals surface area (Å²) in [6.07, 6.45) is 1.44. The highest BCUT2D eigenvalue weighted by molar-refractivity contribution is 7.17. The lowest BCUT2D eigenvalue weighted by atomic mass is 10.3. The summed E-state index contributed by atoms with van der Waals surface area (Å²) in [4.78, 5) is 4.83. The normalized spacial score (nSPS) is 10.6. The fraction of sp³-hybridized carbons (Fsp3) is 0.0833. The van der Waals surface area contributed by atoms with Crippen LogP contribution >= 0.6 is 22.9 Å². The van der Waals surface area contributed by atoms with E-state index in [1.807, 2.05) is 24.3 Å². The topological polar surface area (TPSA) is 111 Å². The molecule has 0 aliphatic heterocycles. The van der Waals surface area contributed by atoms with E-state index in [9.17, 15) is 0 Å². The third-order valence-corrected chi connectivity index (χ3v) is 3.61. The van der Waals surface area contributed by atoms with Crippen LogP contribution < -0.4 is 21.5 Å². The molecule has 1 aromatic heterocycles. The molecular formula is C12H13ClN6OS. The van der Waals surface area contributed by atoms with Gasteiger partial charge in [0.25, 0.3) is 0 Å². The van der Waals surface area contributed by atoms with E-state index in [0.717, 1.165) is 5.69 Å². The van der Waals surface area contributed by atoms with E-state index in [-0.39, 0.29) is 5.96 Å². The Morgan fingerprint density at radius 2 is 2.19 bits per heavy atom. The van der Waals surface area contributed by atoms with Gasteiger partial charge in [0.1, 0.15) is 5.75 Å². The predicted octanol–water partition coefficient (Wildman–Crippen LogP) is 2.16. The third-order valence-electron chi connectivity index (χ3n) is 2.31. The zero-order valence-electron chi connectivity index (χ0n) is 11.1. The molecule has 9 heteroatoms. The van der Waals surface area contributed by atoms with Crippen molar-refractivity contribution in [3.05, 3.63) is 34.3 Å². The number of nitrogens with one attached hydrogen (secondary N) is 1. The fourth-order valence-corrected chi connectivity index (χ4v) is 2.49. The van der Waals surface area contributed by atoms with E-state index in [4.69, 9.17) is 27.8 Å². The highest BCUT2D eigenvalue weighted by atomic mass is 35.5. The maximum Gasteiger partial charge on any atom is 0.211 e. The number of para-hydroxylation sites is 2. The number of nitrogens with two attached hydrogens (primary N) is 2. The number of guanidine groups is 1. The van der Waals surface area contributed by atoms with Crippen LogP contribution in [-0.4, -0.2) is 24.3 Å².